The highest BCUT2D eigenvalue weighted by atomic mass is 35.5. The fourth-order valence-corrected chi connectivity index (χ4v) is 5.29. The summed E-state index contributed by atoms with van der Waals surface area (Å²) < 4.78 is 28.3. The van der Waals surface area contributed by atoms with Crippen LogP contribution in [0.2, 0.25) is 5.02 Å². The number of sulfonamides is 1. The Morgan fingerprint density at radius 2 is 1.71 bits per heavy atom. The van der Waals surface area contributed by atoms with E-state index in [4.69, 9.17) is 11.6 Å². The van der Waals surface area contributed by atoms with Gasteiger partial charge in [0.05, 0.1) is 16.0 Å². The minimum atomic E-state index is -3.91. The maximum absolute atomic E-state index is 12.9. The van der Waals surface area contributed by atoms with E-state index in [0.717, 1.165) is 26.2 Å². The Hall–Kier alpha value is -2.01. The number of hydrogen-bond acceptors (Lipinski definition) is 6. The Morgan fingerprint density at radius 3 is 2.34 bits per heavy atom. The molecule has 1 aliphatic heterocycles. The summed E-state index contributed by atoms with van der Waals surface area (Å²) in [6.45, 7) is 4.87. The molecule has 2 N–H and O–H groups in total. The van der Waals surface area contributed by atoms with Crippen LogP contribution in [0.3, 0.4) is 0 Å². The first-order chi connectivity index (χ1) is 15.2. The van der Waals surface area contributed by atoms with E-state index in [0.29, 0.717) is 27.3 Å². The van der Waals surface area contributed by atoms with Gasteiger partial charge >= 0.3 is 5.97 Å². The molecule has 1 aromatic heterocycles. The van der Waals surface area contributed by atoms with Crippen molar-refractivity contribution >= 4 is 87.2 Å². The Kier molecular flexibility index (Phi) is 10.9. The number of aromatic carboxylic acids is 1. The number of likely N-dealkylation sites (N-methyl/N-ethyl adjacent to an activating group) is 1. The zero-order valence-electron chi connectivity index (χ0n) is 18.9. The van der Waals surface area contributed by atoms with Gasteiger partial charge in [0.2, 0.25) is 0 Å². The van der Waals surface area contributed by atoms with Crippen LogP contribution in [0.4, 0.5) is 11.5 Å². The van der Waals surface area contributed by atoms with Gasteiger partial charge in [-0.3, -0.25) is 4.72 Å². The third kappa shape index (κ3) is 6.61. The minimum absolute atomic E-state index is 0. The van der Waals surface area contributed by atoms with Gasteiger partial charge in [-0.15, -0.1) is 37.2 Å². The van der Waals surface area contributed by atoms with Gasteiger partial charge in [0.25, 0.3) is 10.0 Å². The number of halogens is 4. The number of pyridine rings is 1. The molecule has 2 heterocycles. The van der Waals surface area contributed by atoms with Gasteiger partial charge in [-0.25, -0.2) is 18.2 Å². The second kappa shape index (κ2) is 12.3. The van der Waals surface area contributed by atoms with E-state index >= 15 is 0 Å². The molecular formula is C22H26Cl4N4O4S. The van der Waals surface area contributed by atoms with Gasteiger partial charge in [-0.1, -0.05) is 17.7 Å². The molecule has 0 unspecified atom stereocenters. The van der Waals surface area contributed by atoms with Crippen LogP contribution in [-0.4, -0.2) is 62.6 Å². The molecule has 13 heteroatoms. The monoisotopic (exact) mass is 582 g/mol. The predicted octanol–water partition coefficient (Wildman–Crippen LogP) is 4.71. The summed E-state index contributed by atoms with van der Waals surface area (Å²) in [7, 11) is -1.87. The largest absolute Gasteiger partial charge is 0.478 e. The highest BCUT2D eigenvalue weighted by molar-refractivity contribution is 7.92. The Bertz CT molecular complexity index is 1320. The lowest BCUT2D eigenvalue weighted by molar-refractivity contribution is 0.0699. The van der Waals surface area contributed by atoms with E-state index in [9.17, 15) is 18.3 Å². The lowest BCUT2D eigenvalue weighted by atomic mass is 10.1. The molecule has 0 atom stereocenters. The number of benzene rings is 2. The molecule has 4 rings (SSSR count). The zero-order valence-corrected chi connectivity index (χ0v) is 22.9. The van der Waals surface area contributed by atoms with Gasteiger partial charge in [0.15, 0.2) is 0 Å². The van der Waals surface area contributed by atoms with Crippen LogP contribution in [-0.2, 0) is 10.0 Å². The topological polar surface area (TPSA) is 103 Å². The van der Waals surface area contributed by atoms with Gasteiger partial charge < -0.3 is 14.9 Å². The molecule has 1 aliphatic rings. The molecule has 0 radical (unpaired) electrons. The third-order valence-electron chi connectivity index (χ3n) is 5.61. The molecule has 1 fully saturated rings. The first-order valence-electron chi connectivity index (χ1n) is 10.1. The molecule has 0 spiro atoms. The van der Waals surface area contributed by atoms with E-state index in [-0.39, 0.29) is 53.4 Å². The van der Waals surface area contributed by atoms with Crippen LogP contribution in [0.5, 0.6) is 0 Å². The summed E-state index contributed by atoms with van der Waals surface area (Å²) in [6.07, 6.45) is 0. The predicted molar refractivity (Wildman–Crippen MR) is 147 cm³/mol. The van der Waals surface area contributed by atoms with Crippen LogP contribution in [0.1, 0.15) is 15.9 Å². The number of rotatable bonds is 5. The lowest BCUT2D eigenvalue weighted by Crippen LogP contribution is -2.44. The fraction of sp³-hybridized carbons (Fsp3) is 0.273. The number of piperazine rings is 1. The molecule has 1 saturated heterocycles. The number of carboxylic acid groups (broad SMARTS) is 1. The lowest BCUT2D eigenvalue weighted by Gasteiger charge is -2.33. The maximum Gasteiger partial charge on any atom is 0.336 e. The number of nitrogens with one attached hydrogen (secondary N) is 1. The average molecular weight is 584 g/mol. The molecule has 3 aromatic rings. The molecule has 2 aromatic carbocycles. The fourth-order valence-electron chi connectivity index (χ4n) is 3.74. The van der Waals surface area contributed by atoms with Crippen molar-refractivity contribution in [3.8, 4) is 0 Å². The first kappa shape index (κ1) is 31.0. The number of hydrogen-bond donors (Lipinski definition) is 2. The van der Waals surface area contributed by atoms with Crippen molar-refractivity contribution < 1.29 is 18.3 Å². The summed E-state index contributed by atoms with van der Waals surface area (Å²) in [5.41, 5.74) is 1.24. The van der Waals surface area contributed by atoms with Crippen LogP contribution < -0.4 is 9.62 Å². The Morgan fingerprint density at radius 1 is 1.06 bits per heavy atom. The van der Waals surface area contributed by atoms with Crippen LogP contribution >= 0.6 is 48.8 Å². The van der Waals surface area contributed by atoms with Gasteiger partial charge in [-0.2, -0.15) is 0 Å². The minimum Gasteiger partial charge on any atom is -0.478 e. The summed E-state index contributed by atoms with van der Waals surface area (Å²) in [6, 6.07) is 10.9. The average Bonchev–Trinajstić information content (AvgIpc) is 2.75. The smallest absolute Gasteiger partial charge is 0.336 e. The number of carbonyl (C=O) groups is 1. The van der Waals surface area contributed by atoms with E-state index in [1.54, 1.807) is 37.3 Å². The molecular weight excluding hydrogens is 558 g/mol. The van der Waals surface area contributed by atoms with E-state index < -0.39 is 16.0 Å². The SMILES string of the molecule is Cc1c(Cl)cccc1S(=O)(=O)Nc1ccc2nc(N3CCN(C)CC3)cc(C(=O)O)c2c1.Cl.Cl.Cl. The van der Waals surface area contributed by atoms with Crippen molar-refractivity contribution in [2.45, 2.75) is 11.8 Å². The molecule has 35 heavy (non-hydrogen) atoms. The number of anilines is 2. The number of fused-ring (bicyclic) bond motifs is 1. The van der Waals surface area contributed by atoms with Crippen LogP contribution in [0.15, 0.2) is 47.4 Å². The van der Waals surface area contributed by atoms with Crippen LogP contribution in [0.25, 0.3) is 10.9 Å². The molecule has 0 amide bonds. The number of aromatic nitrogens is 1. The molecule has 0 aliphatic carbocycles. The molecule has 0 saturated carbocycles. The Balaban J connectivity index is 0.00000204. The summed E-state index contributed by atoms with van der Waals surface area (Å²) >= 11 is 6.07. The van der Waals surface area contributed by atoms with Crippen molar-refractivity contribution in [2.75, 3.05) is 42.8 Å². The standard InChI is InChI=1S/C22H23ClN4O4S.3ClH/c1-14-18(23)4-3-5-20(14)32(30,31)25-15-6-7-19-16(12-15)17(22(28)29)13-21(24-19)27-10-8-26(2)9-11-27;;;/h3-7,12-13,25H,8-11H2,1-2H3,(H,28,29);3*1H. The van der Waals surface area contributed by atoms with E-state index in [1.165, 1.54) is 12.1 Å². The van der Waals surface area contributed by atoms with E-state index in [1.807, 2.05) is 7.05 Å². The van der Waals surface area contributed by atoms with Gasteiger partial charge in [-0.05, 0) is 55.9 Å². The highest BCUT2D eigenvalue weighted by Crippen LogP contribution is 2.29. The Labute approximate surface area is 227 Å². The van der Waals surface area contributed by atoms with Crippen molar-refractivity contribution in [3.63, 3.8) is 0 Å². The normalized spacial score (nSPS) is 13.9. The molecule has 0 bridgehead atoms. The number of nitrogens with zero attached hydrogens (tertiary/aromatic N) is 3. The number of carboxylic acids is 1. The van der Waals surface area contributed by atoms with Crippen LogP contribution in [0, 0.1) is 6.92 Å². The van der Waals surface area contributed by atoms with Crippen molar-refractivity contribution in [1.82, 2.24) is 9.88 Å². The summed E-state index contributed by atoms with van der Waals surface area (Å²) in [5, 5.41) is 10.5. The maximum atomic E-state index is 12.9. The highest BCUT2D eigenvalue weighted by Gasteiger charge is 2.21. The van der Waals surface area contributed by atoms with Gasteiger partial charge in [0, 0.05) is 42.3 Å². The molecule has 192 valence electrons. The summed E-state index contributed by atoms with van der Waals surface area (Å²) in [5.74, 6) is -0.496. The van der Waals surface area contributed by atoms with Crippen molar-refractivity contribution in [1.29, 1.82) is 0 Å². The quantitative estimate of drug-likeness (QED) is 0.448. The molecule has 8 nitrogen and oxygen atoms in total. The van der Waals surface area contributed by atoms with Crippen molar-refractivity contribution in [2.24, 2.45) is 0 Å². The third-order valence-corrected chi connectivity index (χ3v) is 7.55. The summed E-state index contributed by atoms with van der Waals surface area (Å²) in [4.78, 5) is 21.0. The second-order valence-corrected chi connectivity index (χ2v) is 9.88. The van der Waals surface area contributed by atoms with E-state index in [2.05, 4.69) is 19.5 Å². The van der Waals surface area contributed by atoms with Crippen molar-refractivity contribution in [3.05, 3.63) is 58.6 Å². The van der Waals surface area contributed by atoms with Gasteiger partial charge in [0.1, 0.15) is 5.82 Å². The second-order valence-electron chi connectivity index (χ2n) is 7.82. The first-order valence-corrected chi connectivity index (χ1v) is 11.9. The zero-order chi connectivity index (χ0) is 23.0.